The number of carboxylic acid groups (broad SMARTS) is 1. The van der Waals surface area contributed by atoms with Crippen molar-refractivity contribution in [2.24, 2.45) is 0 Å². The number of anilines is 1. The minimum absolute atomic E-state index is 0.0821. The van der Waals surface area contributed by atoms with Crippen molar-refractivity contribution in [3.8, 4) is 11.1 Å². The van der Waals surface area contributed by atoms with Crippen LogP contribution < -0.4 is 5.32 Å². The molecule has 0 aliphatic heterocycles. The third-order valence-corrected chi connectivity index (χ3v) is 4.98. The molecule has 3 aromatic rings. The van der Waals surface area contributed by atoms with Gasteiger partial charge in [0.1, 0.15) is 17.9 Å². The van der Waals surface area contributed by atoms with E-state index in [4.69, 9.17) is 4.74 Å². The highest BCUT2D eigenvalue weighted by Gasteiger charge is 2.34. The van der Waals surface area contributed by atoms with Crippen LogP contribution in [0.25, 0.3) is 11.1 Å². The summed E-state index contributed by atoms with van der Waals surface area (Å²) in [7, 11) is 0. The normalized spacial score (nSPS) is 12.7. The summed E-state index contributed by atoms with van der Waals surface area (Å²) in [6.07, 6.45) is -5.90. The van der Waals surface area contributed by atoms with Crippen molar-refractivity contribution < 1.29 is 32.6 Å². The number of benzene rings is 2. The summed E-state index contributed by atoms with van der Waals surface area (Å²) >= 11 is 0. The van der Waals surface area contributed by atoms with Gasteiger partial charge in [-0.2, -0.15) is 13.2 Å². The van der Waals surface area contributed by atoms with Crippen LogP contribution in [0.5, 0.6) is 0 Å². The number of carboxylic acids is 1. The number of fused-ring (bicyclic) bond motifs is 3. The van der Waals surface area contributed by atoms with E-state index in [1.807, 2.05) is 53.8 Å². The summed E-state index contributed by atoms with van der Waals surface area (Å²) in [5.41, 5.74) is 2.03. The number of carbonyl (C=O) groups is 2. The number of nitrogens with zero attached hydrogens (tertiary/aromatic N) is 1. The van der Waals surface area contributed by atoms with E-state index in [0.29, 0.717) is 6.07 Å². The van der Waals surface area contributed by atoms with Crippen molar-refractivity contribution in [3.63, 3.8) is 0 Å². The molecule has 0 unspecified atom stereocenters. The Morgan fingerprint density at radius 2 is 1.55 bits per heavy atom. The summed E-state index contributed by atoms with van der Waals surface area (Å²) in [5.74, 6) is -2.53. The van der Waals surface area contributed by atoms with Crippen LogP contribution in [0.3, 0.4) is 0 Å². The van der Waals surface area contributed by atoms with Crippen molar-refractivity contribution in [1.82, 2.24) is 4.98 Å². The smallest absolute Gasteiger partial charge is 0.433 e. The molecule has 2 aromatic carbocycles. The van der Waals surface area contributed by atoms with E-state index in [-0.39, 0.29) is 12.5 Å². The Labute approximate surface area is 174 Å². The van der Waals surface area contributed by atoms with Crippen LogP contribution in [-0.4, -0.2) is 28.8 Å². The quantitative estimate of drug-likeness (QED) is 0.599. The molecule has 0 fully saturated rings. The molecular weight excluding hydrogens is 413 g/mol. The van der Waals surface area contributed by atoms with Gasteiger partial charge in [0.2, 0.25) is 0 Å². The molecule has 0 radical (unpaired) electrons. The number of alkyl halides is 3. The second kappa shape index (κ2) is 7.75. The van der Waals surface area contributed by atoms with Crippen molar-refractivity contribution in [2.45, 2.75) is 12.1 Å². The van der Waals surface area contributed by atoms with Gasteiger partial charge in [0, 0.05) is 5.92 Å². The van der Waals surface area contributed by atoms with E-state index in [2.05, 4.69) is 4.98 Å². The van der Waals surface area contributed by atoms with Gasteiger partial charge in [-0.05, 0) is 34.4 Å². The zero-order valence-corrected chi connectivity index (χ0v) is 15.8. The molecule has 1 aliphatic carbocycles. The maximum atomic E-state index is 12.9. The molecular formula is C22H15F3N2O4. The second-order valence-electron chi connectivity index (χ2n) is 6.85. The molecule has 1 heterocycles. The highest BCUT2D eigenvalue weighted by atomic mass is 19.4. The number of nitrogens with one attached hydrogen (secondary N) is 1. The molecule has 1 aliphatic rings. The van der Waals surface area contributed by atoms with Crippen LogP contribution in [0.4, 0.5) is 23.8 Å². The van der Waals surface area contributed by atoms with Gasteiger partial charge in [-0.25, -0.2) is 14.6 Å². The Morgan fingerprint density at radius 3 is 2.10 bits per heavy atom. The van der Waals surface area contributed by atoms with Gasteiger partial charge in [0.15, 0.2) is 5.82 Å². The van der Waals surface area contributed by atoms with E-state index in [1.165, 1.54) is 0 Å². The number of aromatic carboxylic acids is 1. The molecule has 0 spiro atoms. The van der Waals surface area contributed by atoms with Gasteiger partial charge >= 0.3 is 18.2 Å². The fraction of sp³-hybridized carbons (Fsp3) is 0.136. The molecule has 0 saturated heterocycles. The molecule has 31 heavy (non-hydrogen) atoms. The minimum Gasteiger partial charge on any atom is -0.478 e. The molecule has 1 aromatic heterocycles. The van der Waals surface area contributed by atoms with Crippen LogP contribution in [-0.2, 0) is 10.9 Å². The van der Waals surface area contributed by atoms with Gasteiger partial charge < -0.3 is 9.84 Å². The van der Waals surface area contributed by atoms with E-state index >= 15 is 0 Å². The van der Waals surface area contributed by atoms with Crippen molar-refractivity contribution in [3.05, 3.63) is 83.0 Å². The first kappa shape index (κ1) is 20.4. The highest BCUT2D eigenvalue weighted by Crippen LogP contribution is 2.44. The van der Waals surface area contributed by atoms with Crippen LogP contribution in [0.2, 0.25) is 0 Å². The lowest BCUT2D eigenvalue weighted by molar-refractivity contribution is -0.141. The summed E-state index contributed by atoms with van der Waals surface area (Å²) in [6.45, 7) is -0.0821. The maximum Gasteiger partial charge on any atom is 0.433 e. The Morgan fingerprint density at radius 1 is 0.968 bits per heavy atom. The fourth-order valence-electron chi connectivity index (χ4n) is 3.62. The Kier molecular flexibility index (Phi) is 5.10. The number of hydrogen-bond donors (Lipinski definition) is 2. The molecule has 9 heteroatoms. The van der Waals surface area contributed by atoms with Crippen molar-refractivity contribution >= 4 is 17.9 Å². The third-order valence-electron chi connectivity index (χ3n) is 4.98. The van der Waals surface area contributed by atoms with Crippen molar-refractivity contribution in [2.75, 3.05) is 11.9 Å². The number of ether oxygens (including phenoxy) is 1. The van der Waals surface area contributed by atoms with Gasteiger partial charge in [-0.1, -0.05) is 48.5 Å². The Hall–Kier alpha value is -3.88. The lowest BCUT2D eigenvalue weighted by atomic mass is 9.98. The minimum atomic E-state index is -4.80. The Bertz CT molecular complexity index is 1130. The third kappa shape index (κ3) is 3.94. The van der Waals surface area contributed by atoms with Crippen molar-refractivity contribution in [1.29, 1.82) is 0 Å². The molecule has 0 saturated carbocycles. The average Bonchev–Trinajstić information content (AvgIpc) is 3.05. The molecule has 1 amide bonds. The molecule has 158 valence electrons. The topological polar surface area (TPSA) is 88.5 Å². The molecule has 0 bridgehead atoms. The molecule has 0 atom stereocenters. The van der Waals surface area contributed by atoms with Gasteiger partial charge in [0.25, 0.3) is 0 Å². The van der Waals surface area contributed by atoms with E-state index in [0.717, 1.165) is 28.3 Å². The first-order valence-electron chi connectivity index (χ1n) is 9.19. The van der Waals surface area contributed by atoms with Crippen LogP contribution >= 0.6 is 0 Å². The zero-order valence-electron chi connectivity index (χ0n) is 15.8. The van der Waals surface area contributed by atoms with Gasteiger partial charge in [0.05, 0.1) is 0 Å². The lowest BCUT2D eigenvalue weighted by Crippen LogP contribution is -2.21. The largest absolute Gasteiger partial charge is 0.478 e. The number of aromatic nitrogens is 1. The van der Waals surface area contributed by atoms with Crippen LogP contribution in [0, 0.1) is 0 Å². The molecule has 2 N–H and O–H groups in total. The predicted molar refractivity (Wildman–Crippen MR) is 105 cm³/mol. The predicted octanol–water partition coefficient (Wildman–Crippen LogP) is 5.16. The number of amides is 1. The summed E-state index contributed by atoms with van der Waals surface area (Å²) in [5, 5.41) is 11.2. The van der Waals surface area contributed by atoms with E-state index in [9.17, 15) is 27.9 Å². The number of hydrogen-bond acceptors (Lipinski definition) is 4. The first-order valence-corrected chi connectivity index (χ1v) is 9.19. The monoisotopic (exact) mass is 428 g/mol. The standard InChI is InChI=1S/C22H15F3N2O4/c23-22(24,25)18-10-9-16(20(28)29)19(26-18)27-21(30)31-11-17-14-7-3-1-5-12(14)13-6-2-4-8-15(13)17/h1-10,17H,11H2,(H,28,29)(H,26,27,30). The molecule has 6 nitrogen and oxygen atoms in total. The molecule has 4 rings (SSSR count). The van der Waals surface area contributed by atoms with E-state index < -0.39 is 35.3 Å². The fourth-order valence-corrected chi connectivity index (χ4v) is 3.62. The Balaban J connectivity index is 1.54. The first-order chi connectivity index (χ1) is 14.8. The SMILES string of the molecule is O=C(Nc1nc(C(F)(F)F)ccc1C(=O)O)OCC1c2ccccc2-c2ccccc21. The van der Waals surface area contributed by atoms with Gasteiger partial charge in [-0.3, -0.25) is 5.32 Å². The second-order valence-corrected chi connectivity index (χ2v) is 6.85. The number of pyridine rings is 1. The van der Waals surface area contributed by atoms with E-state index in [1.54, 1.807) is 0 Å². The van der Waals surface area contributed by atoms with Gasteiger partial charge in [-0.15, -0.1) is 0 Å². The van der Waals surface area contributed by atoms with Crippen LogP contribution in [0.1, 0.15) is 33.1 Å². The maximum absolute atomic E-state index is 12.9. The lowest BCUT2D eigenvalue weighted by Gasteiger charge is -2.15. The van der Waals surface area contributed by atoms with Crippen LogP contribution in [0.15, 0.2) is 60.7 Å². The summed E-state index contributed by atoms with van der Waals surface area (Å²) < 4.78 is 44.0. The number of halogens is 3. The number of carbonyl (C=O) groups excluding carboxylic acids is 1. The zero-order chi connectivity index (χ0) is 22.2. The highest BCUT2D eigenvalue weighted by molar-refractivity contribution is 5.97. The average molecular weight is 428 g/mol. The summed E-state index contributed by atoms with van der Waals surface area (Å²) in [6, 6.07) is 16.5. The summed E-state index contributed by atoms with van der Waals surface area (Å²) in [4.78, 5) is 26.8. The number of rotatable bonds is 4.